The van der Waals surface area contributed by atoms with Crippen LogP contribution in [0, 0.1) is 6.92 Å². The lowest BCUT2D eigenvalue weighted by atomic mass is 10.1. The summed E-state index contributed by atoms with van der Waals surface area (Å²) < 4.78 is 0. The van der Waals surface area contributed by atoms with Gasteiger partial charge in [0, 0.05) is 23.5 Å². The molecule has 1 aliphatic heterocycles. The van der Waals surface area contributed by atoms with Gasteiger partial charge in [-0.3, -0.25) is 4.79 Å². The van der Waals surface area contributed by atoms with Gasteiger partial charge in [-0.1, -0.05) is 18.2 Å². The number of carbonyl (C=O) groups is 1. The van der Waals surface area contributed by atoms with E-state index < -0.39 is 0 Å². The average molecular weight is 237 g/mol. The Balaban J connectivity index is 2.02. The lowest BCUT2D eigenvalue weighted by Gasteiger charge is -2.20. The second kappa shape index (κ2) is 4.30. The molecule has 90 valence electrons. The first-order valence-electron chi connectivity index (χ1n) is 6.21. The van der Waals surface area contributed by atoms with Gasteiger partial charge in [0.05, 0.1) is 0 Å². The van der Waals surface area contributed by atoms with Crippen molar-refractivity contribution in [3.05, 3.63) is 59.2 Å². The molecule has 2 aromatic rings. The summed E-state index contributed by atoms with van der Waals surface area (Å²) in [6.45, 7) is 2.99. The maximum atomic E-state index is 10.8. The van der Waals surface area contributed by atoms with E-state index >= 15 is 0 Å². The Labute approximate surface area is 107 Å². The first-order valence-corrected chi connectivity index (χ1v) is 6.21. The number of carbonyl (C=O) groups excluding carboxylic acids is 1. The van der Waals surface area contributed by atoms with Crippen LogP contribution in [-0.2, 0) is 6.42 Å². The third-order valence-corrected chi connectivity index (χ3v) is 3.58. The van der Waals surface area contributed by atoms with Gasteiger partial charge in [-0.05, 0) is 48.7 Å². The fraction of sp³-hybridized carbons (Fsp3) is 0.188. The van der Waals surface area contributed by atoms with Gasteiger partial charge in [0.15, 0.2) is 0 Å². The minimum atomic E-state index is 0.770. The Morgan fingerprint density at radius 1 is 1.17 bits per heavy atom. The van der Waals surface area contributed by atoms with Crippen LogP contribution in [0.3, 0.4) is 0 Å². The molecule has 0 spiro atoms. The smallest absolute Gasteiger partial charge is 0.150 e. The summed E-state index contributed by atoms with van der Waals surface area (Å²) in [7, 11) is 0. The summed E-state index contributed by atoms with van der Waals surface area (Å²) in [6.07, 6.45) is 2.00. The molecule has 0 N–H and O–H groups in total. The van der Waals surface area contributed by atoms with Gasteiger partial charge in [-0.25, -0.2) is 0 Å². The Hall–Kier alpha value is -2.09. The molecule has 0 saturated carbocycles. The van der Waals surface area contributed by atoms with Crippen LogP contribution in [0.1, 0.15) is 21.5 Å². The van der Waals surface area contributed by atoms with Crippen LogP contribution in [0.2, 0.25) is 0 Å². The number of hydrogen-bond acceptors (Lipinski definition) is 2. The van der Waals surface area contributed by atoms with E-state index in [2.05, 4.69) is 35.2 Å². The molecular weight excluding hydrogens is 222 g/mol. The van der Waals surface area contributed by atoms with Crippen LogP contribution in [-0.4, -0.2) is 12.8 Å². The van der Waals surface area contributed by atoms with Crippen LogP contribution in [0.15, 0.2) is 42.5 Å². The maximum absolute atomic E-state index is 10.8. The van der Waals surface area contributed by atoms with Gasteiger partial charge in [0.25, 0.3) is 0 Å². The van der Waals surface area contributed by atoms with E-state index in [9.17, 15) is 4.79 Å². The third-order valence-electron chi connectivity index (χ3n) is 3.58. The van der Waals surface area contributed by atoms with Crippen molar-refractivity contribution in [2.75, 3.05) is 11.4 Å². The van der Waals surface area contributed by atoms with Crippen molar-refractivity contribution in [1.82, 2.24) is 0 Å². The predicted molar refractivity (Wildman–Crippen MR) is 73.7 cm³/mol. The lowest BCUT2D eigenvalue weighted by Crippen LogP contribution is -2.13. The summed E-state index contributed by atoms with van der Waals surface area (Å²) >= 11 is 0. The quantitative estimate of drug-likeness (QED) is 0.745. The average Bonchev–Trinajstić information content (AvgIpc) is 2.82. The van der Waals surface area contributed by atoms with Gasteiger partial charge >= 0.3 is 0 Å². The molecule has 2 aromatic carbocycles. The normalized spacial score (nSPS) is 13.5. The second-order valence-corrected chi connectivity index (χ2v) is 4.69. The molecule has 18 heavy (non-hydrogen) atoms. The number of aryl methyl sites for hydroxylation is 1. The number of rotatable bonds is 2. The van der Waals surface area contributed by atoms with Crippen molar-refractivity contribution in [3.63, 3.8) is 0 Å². The number of anilines is 2. The van der Waals surface area contributed by atoms with Crippen molar-refractivity contribution >= 4 is 17.7 Å². The van der Waals surface area contributed by atoms with E-state index in [1.54, 1.807) is 0 Å². The Morgan fingerprint density at radius 2 is 2.00 bits per heavy atom. The van der Waals surface area contributed by atoms with Crippen molar-refractivity contribution in [3.8, 4) is 0 Å². The number of benzene rings is 2. The summed E-state index contributed by atoms with van der Waals surface area (Å²) in [5.41, 5.74) is 5.66. The minimum absolute atomic E-state index is 0.770. The maximum Gasteiger partial charge on any atom is 0.150 e. The second-order valence-electron chi connectivity index (χ2n) is 4.69. The molecule has 0 aliphatic carbocycles. The standard InChI is InChI=1S/C16H15NO/c1-12-10-15(7-6-14(12)11-18)17-9-8-13-4-2-3-5-16(13)17/h2-7,10-11H,8-9H2,1H3. The molecule has 3 rings (SSSR count). The van der Waals surface area contributed by atoms with Crippen LogP contribution >= 0.6 is 0 Å². The zero-order valence-corrected chi connectivity index (χ0v) is 10.4. The van der Waals surface area contributed by atoms with Gasteiger partial charge < -0.3 is 4.90 Å². The molecule has 0 saturated heterocycles. The zero-order valence-electron chi connectivity index (χ0n) is 10.4. The molecular formula is C16H15NO. The molecule has 0 unspecified atom stereocenters. The topological polar surface area (TPSA) is 20.3 Å². The Kier molecular flexibility index (Phi) is 2.63. The predicted octanol–water partition coefficient (Wildman–Crippen LogP) is 3.50. The van der Waals surface area contributed by atoms with Crippen molar-refractivity contribution in [2.24, 2.45) is 0 Å². The van der Waals surface area contributed by atoms with E-state index in [1.807, 2.05) is 19.1 Å². The van der Waals surface area contributed by atoms with Gasteiger partial charge in [-0.15, -0.1) is 0 Å². The lowest BCUT2D eigenvalue weighted by molar-refractivity contribution is 0.112. The summed E-state index contributed by atoms with van der Waals surface area (Å²) in [5.74, 6) is 0. The summed E-state index contributed by atoms with van der Waals surface area (Å²) in [6, 6.07) is 14.5. The number of nitrogens with zero attached hydrogens (tertiary/aromatic N) is 1. The van der Waals surface area contributed by atoms with Gasteiger partial charge in [-0.2, -0.15) is 0 Å². The molecule has 2 nitrogen and oxygen atoms in total. The van der Waals surface area contributed by atoms with E-state index in [4.69, 9.17) is 0 Å². The van der Waals surface area contributed by atoms with E-state index in [-0.39, 0.29) is 0 Å². The molecule has 0 fully saturated rings. The SMILES string of the molecule is Cc1cc(N2CCc3ccccc32)ccc1C=O. The highest BCUT2D eigenvalue weighted by Crippen LogP contribution is 2.34. The van der Waals surface area contributed by atoms with E-state index in [1.165, 1.54) is 16.9 Å². The van der Waals surface area contributed by atoms with Crippen LogP contribution in [0.5, 0.6) is 0 Å². The van der Waals surface area contributed by atoms with Crippen LogP contribution < -0.4 is 4.90 Å². The highest BCUT2D eigenvalue weighted by atomic mass is 16.1. The molecule has 0 atom stereocenters. The van der Waals surface area contributed by atoms with Crippen molar-refractivity contribution in [1.29, 1.82) is 0 Å². The molecule has 2 heteroatoms. The molecule has 0 amide bonds. The van der Waals surface area contributed by atoms with Crippen molar-refractivity contribution < 1.29 is 4.79 Å². The fourth-order valence-corrected chi connectivity index (χ4v) is 2.57. The molecule has 0 bridgehead atoms. The number of hydrogen-bond donors (Lipinski definition) is 0. The zero-order chi connectivity index (χ0) is 12.5. The number of fused-ring (bicyclic) bond motifs is 1. The van der Waals surface area contributed by atoms with Crippen molar-refractivity contribution in [2.45, 2.75) is 13.3 Å². The largest absolute Gasteiger partial charge is 0.341 e. The fourth-order valence-electron chi connectivity index (χ4n) is 2.57. The third kappa shape index (κ3) is 1.70. The number of para-hydroxylation sites is 1. The van der Waals surface area contributed by atoms with Gasteiger partial charge in [0.1, 0.15) is 6.29 Å². The van der Waals surface area contributed by atoms with Crippen LogP contribution in [0.4, 0.5) is 11.4 Å². The molecule has 0 radical (unpaired) electrons. The molecule has 1 heterocycles. The minimum Gasteiger partial charge on any atom is -0.341 e. The first-order chi connectivity index (χ1) is 8.79. The van der Waals surface area contributed by atoms with E-state index in [0.29, 0.717) is 0 Å². The van der Waals surface area contributed by atoms with Gasteiger partial charge in [0.2, 0.25) is 0 Å². The highest BCUT2D eigenvalue weighted by molar-refractivity contribution is 5.80. The van der Waals surface area contributed by atoms with E-state index in [0.717, 1.165) is 30.4 Å². The first kappa shape index (κ1) is 11.0. The Morgan fingerprint density at radius 3 is 2.78 bits per heavy atom. The molecule has 0 aromatic heterocycles. The Bertz CT molecular complexity index is 604. The summed E-state index contributed by atoms with van der Waals surface area (Å²) in [4.78, 5) is 13.2. The van der Waals surface area contributed by atoms with Crippen LogP contribution in [0.25, 0.3) is 0 Å². The summed E-state index contributed by atoms with van der Waals surface area (Å²) in [5, 5.41) is 0. The monoisotopic (exact) mass is 237 g/mol. The number of aldehydes is 1. The molecule has 1 aliphatic rings. The highest BCUT2D eigenvalue weighted by Gasteiger charge is 2.19.